The Morgan fingerprint density at radius 3 is 2.68 bits per heavy atom. The summed E-state index contributed by atoms with van der Waals surface area (Å²) in [6, 6.07) is 15.0. The van der Waals surface area contributed by atoms with E-state index in [0.29, 0.717) is 54.7 Å². The van der Waals surface area contributed by atoms with E-state index in [9.17, 15) is 13.3 Å². The maximum atomic E-state index is 14.4. The minimum atomic E-state index is -5.70. The van der Waals surface area contributed by atoms with E-state index in [1.807, 2.05) is 18.2 Å². The molecule has 2 N–H and O–H groups in total. The number of hydrogen-bond donors (Lipinski definition) is 2. The first-order valence-corrected chi connectivity index (χ1v) is 14.0. The number of benzene rings is 3. The predicted molar refractivity (Wildman–Crippen MR) is 137 cm³/mol. The SMILES string of the molecule is O=P(O)(O)C(F)(F)c1ccc(Cn2c3c(c4cccc(Oc5ccc6c(c5)OCO6)c42)COCC3)cc1Br. The zero-order valence-electron chi connectivity index (χ0n) is 19.7. The standard InChI is InChI=1S/C26H21BrF2NO7P/c27-20-10-15(4-6-19(20)26(28,29)38(31,32)33)12-30-21-8-9-34-13-18(21)17-2-1-3-23(25(17)30)37-16-5-7-22-24(11-16)36-14-35-22/h1-7,10-11H,8-9,12-14H2,(H2,31,32,33). The topological polar surface area (TPSA) is 99.4 Å². The largest absolute Gasteiger partial charge is 0.455 e. The Morgan fingerprint density at radius 2 is 1.89 bits per heavy atom. The summed E-state index contributed by atoms with van der Waals surface area (Å²) in [6.45, 7) is 1.44. The van der Waals surface area contributed by atoms with Gasteiger partial charge in [0, 0.05) is 45.7 Å². The van der Waals surface area contributed by atoms with Crippen LogP contribution in [-0.2, 0) is 34.5 Å². The lowest BCUT2D eigenvalue weighted by Crippen LogP contribution is -2.16. The molecule has 0 saturated carbocycles. The fraction of sp³-hybridized carbons (Fsp3) is 0.231. The van der Waals surface area contributed by atoms with Crippen LogP contribution in [-0.4, -0.2) is 27.8 Å². The molecule has 0 unspecified atom stereocenters. The summed E-state index contributed by atoms with van der Waals surface area (Å²) >= 11 is 3.09. The molecule has 3 heterocycles. The zero-order valence-corrected chi connectivity index (χ0v) is 22.2. The van der Waals surface area contributed by atoms with Crippen LogP contribution in [0, 0.1) is 0 Å². The number of fused-ring (bicyclic) bond motifs is 4. The second-order valence-corrected chi connectivity index (χ2v) is 11.5. The van der Waals surface area contributed by atoms with Crippen molar-refractivity contribution in [3.63, 3.8) is 0 Å². The van der Waals surface area contributed by atoms with Gasteiger partial charge in [0.15, 0.2) is 17.2 Å². The molecule has 38 heavy (non-hydrogen) atoms. The predicted octanol–water partition coefficient (Wildman–Crippen LogP) is 6.27. The number of aromatic nitrogens is 1. The molecule has 2 aliphatic heterocycles. The minimum Gasteiger partial charge on any atom is -0.455 e. The van der Waals surface area contributed by atoms with Gasteiger partial charge in [-0.3, -0.25) is 4.57 Å². The fourth-order valence-electron chi connectivity index (χ4n) is 4.85. The maximum absolute atomic E-state index is 14.4. The lowest BCUT2D eigenvalue weighted by molar-refractivity contribution is 0.0557. The maximum Gasteiger partial charge on any atom is 0.399 e. The summed E-state index contributed by atoms with van der Waals surface area (Å²) in [5, 5.41) is 0.960. The molecule has 8 nitrogen and oxygen atoms in total. The van der Waals surface area contributed by atoms with Crippen molar-refractivity contribution in [2.45, 2.75) is 25.2 Å². The molecule has 0 aliphatic carbocycles. The number of rotatable bonds is 6. The summed E-state index contributed by atoms with van der Waals surface area (Å²) in [4.78, 5) is 18.3. The van der Waals surface area contributed by atoms with Crippen LogP contribution in [0.5, 0.6) is 23.0 Å². The fourth-order valence-corrected chi connectivity index (χ4v) is 6.19. The van der Waals surface area contributed by atoms with E-state index >= 15 is 0 Å². The molecule has 4 aromatic rings. The van der Waals surface area contributed by atoms with E-state index in [-0.39, 0.29) is 11.3 Å². The van der Waals surface area contributed by atoms with E-state index in [1.54, 1.807) is 18.2 Å². The summed E-state index contributed by atoms with van der Waals surface area (Å²) in [7, 11) is -5.70. The van der Waals surface area contributed by atoms with Gasteiger partial charge in [-0.15, -0.1) is 0 Å². The molecule has 6 rings (SSSR count). The van der Waals surface area contributed by atoms with Gasteiger partial charge < -0.3 is 33.3 Å². The Balaban J connectivity index is 1.42. The lowest BCUT2D eigenvalue weighted by Gasteiger charge is -2.20. The number of hydrogen-bond acceptors (Lipinski definition) is 5. The van der Waals surface area contributed by atoms with Crippen LogP contribution in [0.15, 0.2) is 59.1 Å². The van der Waals surface area contributed by atoms with Gasteiger partial charge in [0.1, 0.15) is 5.75 Å². The van der Waals surface area contributed by atoms with E-state index < -0.39 is 18.8 Å². The second kappa shape index (κ2) is 9.36. The van der Waals surface area contributed by atoms with Crippen molar-refractivity contribution in [2.75, 3.05) is 13.4 Å². The smallest absolute Gasteiger partial charge is 0.399 e. The molecule has 12 heteroatoms. The molecule has 0 spiro atoms. The van der Waals surface area contributed by atoms with E-state index in [1.165, 1.54) is 12.1 Å². The average Bonchev–Trinajstić information content (AvgIpc) is 3.47. The van der Waals surface area contributed by atoms with Crippen molar-refractivity contribution in [1.82, 2.24) is 4.57 Å². The van der Waals surface area contributed by atoms with E-state index in [2.05, 4.69) is 20.5 Å². The molecule has 0 radical (unpaired) electrons. The molecule has 0 atom stereocenters. The summed E-state index contributed by atoms with van der Waals surface area (Å²) in [6.07, 6.45) is 0.656. The van der Waals surface area contributed by atoms with Crippen LogP contribution in [0.1, 0.15) is 22.4 Å². The molecular weight excluding hydrogens is 587 g/mol. The molecule has 0 amide bonds. The Labute approximate surface area is 224 Å². The Hall–Kier alpha value is -2.95. The van der Waals surface area contributed by atoms with Crippen molar-refractivity contribution < 1.29 is 42.1 Å². The highest BCUT2D eigenvalue weighted by molar-refractivity contribution is 9.10. The molecule has 0 saturated heterocycles. The van der Waals surface area contributed by atoms with Crippen molar-refractivity contribution >= 4 is 34.4 Å². The van der Waals surface area contributed by atoms with Gasteiger partial charge in [0.05, 0.1) is 18.7 Å². The van der Waals surface area contributed by atoms with Crippen LogP contribution in [0.4, 0.5) is 8.78 Å². The van der Waals surface area contributed by atoms with Crippen LogP contribution in [0.2, 0.25) is 0 Å². The van der Waals surface area contributed by atoms with Gasteiger partial charge in [0.2, 0.25) is 6.79 Å². The third-order valence-corrected chi connectivity index (χ3v) is 8.26. The van der Waals surface area contributed by atoms with Crippen molar-refractivity contribution in [1.29, 1.82) is 0 Å². The quantitative estimate of drug-likeness (QED) is 0.249. The Kier molecular flexibility index (Phi) is 6.24. The van der Waals surface area contributed by atoms with E-state index in [4.69, 9.17) is 28.7 Å². The molecule has 3 aromatic carbocycles. The van der Waals surface area contributed by atoms with Crippen LogP contribution in [0.25, 0.3) is 10.9 Å². The lowest BCUT2D eigenvalue weighted by atomic mass is 10.1. The Morgan fingerprint density at radius 1 is 1.08 bits per heavy atom. The molecule has 0 fully saturated rings. The molecule has 0 bridgehead atoms. The van der Waals surface area contributed by atoms with Gasteiger partial charge in [-0.1, -0.05) is 40.2 Å². The van der Waals surface area contributed by atoms with Gasteiger partial charge in [0.25, 0.3) is 0 Å². The van der Waals surface area contributed by atoms with Crippen LogP contribution < -0.4 is 14.2 Å². The van der Waals surface area contributed by atoms with Gasteiger partial charge >= 0.3 is 13.3 Å². The van der Waals surface area contributed by atoms with Gasteiger partial charge in [-0.2, -0.15) is 8.78 Å². The summed E-state index contributed by atoms with van der Waals surface area (Å²) in [5.41, 5.74) is -1.52. The number of alkyl halides is 2. The first kappa shape index (κ1) is 25.3. The highest BCUT2D eigenvalue weighted by Crippen LogP contribution is 2.60. The highest BCUT2D eigenvalue weighted by atomic mass is 79.9. The highest BCUT2D eigenvalue weighted by Gasteiger charge is 2.51. The molecule has 198 valence electrons. The van der Waals surface area contributed by atoms with Gasteiger partial charge in [-0.25, -0.2) is 0 Å². The first-order valence-electron chi connectivity index (χ1n) is 11.6. The van der Waals surface area contributed by atoms with Crippen LogP contribution >= 0.6 is 23.5 Å². The third kappa shape index (κ3) is 4.28. The number of halogens is 3. The second-order valence-electron chi connectivity index (χ2n) is 8.98. The monoisotopic (exact) mass is 607 g/mol. The number of para-hydroxylation sites is 1. The summed E-state index contributed by atoms with van der Waals surface area (Å²) in [5.74, 6) is 2.40. The zero-order chi connectivity index (χ0) is 26.7. The normalized spacial score (nSPS) is 15.1. The molecule has 1 aromatic heterocycles. The van der Waals surface area contributed by atoms with Crippen molar-refractivity contribution in [2.24, 2.45) is 0 Å². The third-order valence-electron chi connectivity index (χ3n) is 6.63. The first-order chi connectivity index (χ1) is 18.1. The van der Waals surface area contributed by atoms with Crippen molar-refractivity contribution in [3.8, 4) is 23.0 Å². The number of nitrogens with zero attached hydrogens (tertiary/aromatic N) is 1. The average molecular weight is 608 g/mol. The van der Waals surface area contributed by atoms with Gasteiger partial charge in [-0.05, 0) is 29.8 Å². The molecular formula is C26H21BrF2NO7P. The van der Waals surface area contributed by atoms with Crippen LogP contribution in [0.3, 0.4) is 0 Å². The Bertz CT molecular complexity index is 1620. The summed E-state index contributed by atoms with van der Waals surface area (Å²) < 4.78 is 65.0. The molecule has 2 aliphatic rings. The number of ether oxygens (including phenoxy) is 4. The minimum absolute atomic E-state index is 0.0891. The van der Waals surface area contributed by atoms with Crippen molar-refractivity contribution in [3.05, 3.63) is 81.5 Å². The van der Waals surface area contributed by atoms with E-state index in [0.717, 1.165) is 28.2 Å².